The molecule has 1 aromatic carbocycles. The van der Waals surface area contributed by atoms with Gasteiger partial charge in [0.15, 0.2) is 0 Å². The van der Waals surface area contributed by atoms with Crippen LogP contribution >= 0.6 is 27.7 Å². The molecule has 1 saturated heterocycles. The normalized spacial score (nSPS) is 21.9. The molecule has 20 heavy (non-hydrogen) atoms. The van der Waals surface area contributed by atoms with Crippen LogP contribution in [0.3, 0.4) is 0 Å². The van der Waals surface area contributed by atoms with Crippen molar-refractivity contribution >= 4 is 43.7 Å². The van der Waals surface area contributed by atoms with E-state index in [0.717, 1.165) is 4.47 Å². The smallest absolute Gasteiger partial charge is 0.338 e. The summed E-state index contributed by atoms with van der Waals surface area (Å²) in [5.41, 5.74) is 0. The Kier molecular flexibility index (Phi) is 3.55. The van der Waals surface area contributed by atoms with Gasteiger partial charge in [-0.2, -0.15) is 8.42 Å². The fourth-order valence-corrected chi connectivity index (χ4v) is 4.28. The molecule has 1 aromatic rings. The number of thioether (sulfide) groups is 1. The maximum atomic E-state index is 12.1. The second kappa shape index (κ2) is 5.09. The highest BCUT2D eigenvalue weighted by atomic mass is 79.9. The third kappa shape index (κ3) is 2.59. The Hall–Kier alpha value is -0.990. The van der Waals surface area contributed by atoms with Gasteiger partial charge in [0.2, 0.25) is 5.91 Å². The van der Waals surface area contributed by atoms with E-state index in [0.29, 0.717) is 12.2 Å². The van der Waals surface area contributed by atoms with Gasteiger partial charge >= 0.3 is 10.1 Å². The highest BCUT2D eigenvalue weighted by Gasteiger charge is 2.39. The first-order valence-electron chi connectivity index (χ1n) is 5.79. The van der Waals surface area contributed by atoms with Crippen LogP contribution in [0, 0.1) is 0 Å². The van der Waals surface area contributed by atoms with Gasteiger partial charge in [0.25, 0.3) is 0 Å². The summed E-state index contributed by atoms with van der Waals surface area (Å²) in [5, 5.41) is 0.130. The molecule has 0 spiro atoms. The molecular weight excluding hydrogens is 366 g/mol. The Morgan fingerprint density at radius 3 is 2.65 bits per heavy atom. The number of amides is 1. The molecule has 5 nitrogen and oxygen atoms in total. The van der Waals surface area contributed by atoms with Gasteiger partial charge in [-0.3, -0.25) is 4.79 Å². The summed E-state index contributed by atoms with van der Waals surface area (Å²) in [7, 11) is -3.85. The number of rotatable bonds is 3. The predicted octanol–water partition coefficient (Wildman–Crippen LogP) is 2.30. The van der Waals surface area contributed by atoms with Crippen molar-refractivity contribution in [3.8, 4) is 0 Å². The molecule has 0 N–H and O–H groups in total. The molecule has 1 fully saturated rings. The van der Waals surface area contributed by atoms with E-state index >= 15 is 0 Å². The van der Waals surface area contributed by atoms with Gasteiger partial charge < -0.3 is 9.08 Å². The van der Waals surface area contributed by atoms with Crippen LogP contribution in [-0.2, 0) is 19.1 Å². The second-order valence-electron chi connectivity index (χ2n) is 4.36. The molecule has 2 aliphatic heterocycles. The van der Waals surface area contributed by atoms with Crippen molar-refractivity contribution in [1.29, 1.82) is 0 Å². The van der Waals surface area contributed by atoms with Crippen LogP contribution in [-0.4, -0.2) is 30.4 Å². The first-order valence-corrected chi connectivity index (χ1v) is 9.04. The first-order chi connectivity index (χ1) is 9.45. The van der Waals surface area contributed by atoms with Crippen molar-refractivity contribution in [2.45, 2.75) is 16.7 Å². The fraction of sp³-hybridized carbons (Fsp3) is 0.250. The number of carbonyl (C=O) groups is 1. The molecule has 0 bridgehead atoms. The van der Waals surface area contributed by atoms with Gasteiger partial charge in [-0.1, -0.05) is 15.9 Å². The number of hydrogen-bond acceptors (Lipinski definition) is 5. The van der Waals surface area contributed by atoms with Crippen LogP contribution in [0.15, 0.2) is 45.6 Å². The maximum absolute atomic E-state index is 12.1. The lowest BCUT2D eigenvalue weighted by atomic mass is 10.2. The molecule has 2 heterocycles. The Labute approximate surface area is 129 Å². The van der Waals surface area contributed by atoms with Crippen LogP contribution in [0.4, 0.5) is 0 Å². The van der Waals surface area contributed by atoms with Gasteiger partial charge in [-0.25, -0.2) is 0 Å². The molecule has 0 radical (unpaired) electrons. The summed E-state index contributed by atoms with van der Waals surface area (Å²) >= 11 is 4.75. The molecule has 106 valence electrons. The molecular formula is C12H10BrNO4S2. The van der Waals surface area contributed by atoms with E-state index in [-0.39, 0.29) is 21.9 Å². The molecule has 0 unspecified atom stereocenters. The van der Waals surface area contributed by atoms with Gasteiger partial charge in [-0.05, 0) is 24.3 Å². The molecule has 0 aromatic heterocycles. The fourth-order valence-electron chi connectivity index (χ4n) is 1.90. The minimum atomic E-state index is -3.85. The van der Waals surface area contributed by atoms with Crippen molar-refractivity contribution in [3.63, 3.8) is 0 Å². The van der Waals surface area contributed by atoms with Crippen molar-refractivity contribution in [2.75, 3.05) is 5.75 Å². The summed E-state index contributed by atoms with van der Waals surface area (Å²) in [6, 6.07) is 6.20. The van der Waals surface area contributed by atoms with Gasteiger partial charge in [0.05, 0.1) is 17.5 Å². The van der Waals surface area contributed by atoms with Crippen LogP contribution in [0.2, 0.25) is 0 Å². The number of β-lactam (4-membered cyclic amide) rings is 1. The summed E-state index contributed by atoms with van der Waals surface area (Å²) in [6.45, 7) is 0. The summed E-state index contributed by atoms with van der Waals surface area (Å²) in [5.74, 6) is 0.719. The Balaban J connectivity index is 1.80. The van der Waals surface area contributed by atoms with Crippen molar-refractivity contribution in [3.05, 3.63) is 40.7 Å². The number of nitrogens with zero attached hydrogens (tertiary/aromatic N) is 1. The summed E-state index contributed by atoms with van der Waals surface area (Å²) in [4.78, 5) is 12.9. The monoisotopic (exact) mass is 375 g/mol. The largest absolute Gasteiger partial charge is 0.381 e. The van der Waals surface area contributed by atoms with E-state index in [1.807, 2.05) is 0 Å². The van der Waals surface area contributed by atoms with Gasteiger partial charge in [0.1, 0.15) is 10.7 Å². The zero-order valence-electron chi connectivity index (χ0n) is 10.2. The van der Waals surface area contributed by atoms with E-state index in [9.17, 15) is 13.2 Å². The molecule has 3 rings (SSSR count). The van der Waals surface area contributed by atoms with Gasteiger partial charge in [0, 0.05) is 10.7 Å². The van der Waals surface area contributed by atoms with Gasteiger partial charge in [-0.15, -0.1) is 11.8 Å². The highest BCUT2D eigenvalue weighted by molar-refractivity contribution is 9.10. The third-order valence-electron chi connectivity index (χ3n) is 2.97. The molecule has 2 aliphatic rings. The van der Waals surface area contributed by atoms with Crippen LogP contribution < -0.4 is 0 Å². The van der Waals surface area contributed by atoms with Crippen LogP contribution in [0.25, 0.3) is 0 Å². The molecule has 1 atom stereocenters. The minimum Gasteiger partial charge on any atom is -0.381 e. The van der Waals surface area contributed by atoms with Crippen LogP contribution in [0.5, 0.6) is 0 Å². The Morgan fingerprint density at radius 2 is 2.00 bits per heavy atom. The highest BCUT2D eigenvalue weighted by Crippen LogP contribution is 2.36. The van der Waals surface area contributed by atoms with E-state index in [1.165, 1.54) is 35.0 Å². The Bertz CT molecular complexity index is 684. The first kappa shape index (κ1) is 14.0. The number of benzene rings is 1. The molecule has 8 heteroatoms. The van der Waals surface area contributed by atoms with Crippen molar-refractivity contribution in [2.24, 2.45) is 0 Å². The lowest BCUT2D eigenvalue weighted by molar-refractivity contribution is -0.137. The van der Waals surface area contributed by atoms with Crippen LogP contribution in [0.1, 0.15) is 6.42 Å². The molecule has 0 aliphatic carbocycles. The predicted molar refractivity (Wildman–Crippen MR) is 78.2 cm³/mol. The topological polar surface area (TPSA) is 63.7 Å². The van der Waals surface area contributed by atoms with Crippen molar-refractivity contribution < 1.29 is 17.4 Å². The summed E-state index contributed by atoms with van der Waals surface area (Å²) < 4.78 is 30.1. The minimum absolute atomic E-state index is 0.00987. The average molecular weight is 376 g/mol. The zero-order chi connectivity index (χ0) is 14.3. The summed E-state index contributed by atoms with van der Waals surface area (Å²) in [6.07, 6.45) is 2.00. The van der Waals surface area contributed by atoms with E-state index in [1.54, 1.807) is 12.1 Å². The van der Waals surface area contributed by atoms with E-state index in [2.05, 4.69) is 15.9 Å². The van der Waals surface area contributed by atoms with Crippen molar-refractivity contribution in [1.82, 2.24) is 4.90 Å². The number of halogens is 1. The lowest BCUT2D eigenvalue weighted by Gasteiger charge is -2.40. The third-order valence-corrected chi connectivity index (χ3v) is 6.01. The second-order valence-corrected chi connectivity index (χ2v) is 7.99. The lowest BCUT2D eigenvalue weighted by Crippen LogP contribution is -2.49. The Morgan fingerprint density at radius 1 is 1.30 bits per heavy atom. The van der Waals surface area contributed by atoms with E-state index in [4.69, 9.17) is 4.18 Å². The standard InChI is InChI=1S/C12H10BrNO4S2/c13-8-1-3-10(4-2-8)20(16,17)18-9-6-14-11(15)5-12(14)19-7-9/h1-4,6,12H,5,7H2/t12-/m1/s1. The zero-order valence-corrected chi connectivity index (χ0v) is 13.4. The molecule has 1 amide bonds. The maximum Gasteiger partial charge on any atom is 0.338 e. The number of fused-ring (bicyclic) bond motifs is 1. The average Bonchev–Trinajstić information content (AvgIpc) is 2.40. The van der Waals surface area contributed by atoms with E-state index < -0.39 is 10.1 Å². The quantitative estimate of drug-likeness (QED) is 0.599. The number of hydrogen-bond donors (Lipinski definition) is 0. The number of carbonyl (C=O) groups excluding carboxylic acids is 1. The molecule has 0 saturated carbocycles. The SMILES string of the molecule is O=C1C[C@H]2SCC(OS(=O)(=O)c3ccc(Br)cc3)=CN12.